The molecule has 1 aliphatic heterocycles. The Morgan fingerprint density at radius 1 is 1.33 bits per heavy atom. The van der Waals surface area contributed by atoms with Crippen molar-refractivity contribution < 1.29 is 33.2 Å². The Labute approximate surface area is 199 Å². The highest BCUT2D eigenvalue weighted by Crippen LogP contribution is 2.30. The summed E-state index contributed by atoms with van der Waals surface area (Å²) in [6, 6.07) is -3.94. The van der Waals surface area contributed by atoms with Crippen molar-refractivity contribution in [1.82, 2.24) is 15.5 Å². The van der Waals surface area contributed by atoms with Crippen molar-refractivity contribution in [3.8, 4) is 0 Å². The molecule has 182 valence electrons. The first kappa shape index (κ1) is 26.6. The summed E-state index contributed by atoms with van der Waals surface area (Å²) in [5, 5.41) is 13.1. The maximum atomic E-state index is 13.1. The van der Waals surface area contributed by atoms with Gasteiger partial charge in [-0.05, 0) is 62.4 Å². The van der Waals surface area contributed by atoms with Crippen LogP contribution in [0.3, 0.4) is 0 Å². The quantitative estimate of drug-likeness (QED) is 0.261. The first-order valence-electron chi connectivity index (χ1n) is 10.2. The van der Waals surface area contributed by atoms with Crippen molar-refractivity contribution in [2.24, 2.45) is 0 Å². The van der Waals surface area contributed by atoms with Crippen molar-refractivity contribution in [3.05, 3.63) is 36.0 Å². The van der Waals surface area contributed by atoms with Crippen LogP contribution < -0.4 is 10.6 Å². The van der Waals surface area contributed by atoms with Crippen LogP contribution in [0.5, 0.6) is 0 Å². The van der Waals surface area contributed by atoms with Gasteiger partial charge in [-0.3, -0.25) is 9.59 Å². The number of carboxylic acids is 1. The maximum absolute atomic E-state index is 13.1. The summed E-state index contributed by atoms with van der Waals surface area (Å²) < 4.78 is 17.4. The number of hydrogen-bond acceptors (Lipinski definition) is 6. The summed E-state index contributed by atoms with van der Waals surface area (Å²) in [5.41, 5.74) is -0.0828. The number of halogens is 1. The number of amides is 3. The van der Waals surface area contributed by atoms with E-state index in [1.54, 1.807) is 26.8 Å². The number of carbonyl (C=O) groups excluding carboxylic acids is 3. The van der Waals surface area contributed by atoms with E-state index in [-0.39, 0.29) is 5.57 Å². The third kappa shape index (κ3) is 6.44. The number of carbonyl (C=O) groups is 4. The van der Waals surface area contributed by atoms with Crippen molar-refractivity contribution in [3.63, 3.8) is 0 Å². The number of aliphatic carboxylic acids is 1. The Kier molecular flexibility index (Phi) is 8.47. The normalized spacial score (nSPS) is 22.9. The molecule has 0 aromatic heterocycles. The van der Waals surface area contributed by atoms with E-state index in [1.807, 2.05) is 12.2 Å². The third-order valence-electron chi connectivity index (χ3n) is 4.88. The van der Waals surface area contributed by atoms with Crippen molar-refractivity contribution in [2.75, 3.05) is 0 Å². The topological polar surface area (TPSA) is 142 Å². The van der Waals surface area contributed by atoms with E-state index in [2.05, 4.69) is 17.2 Å². The van der Waals surface area contributed by atoms with Crippen LogP contribution in [0.2, 0.25) is 0 Å². The van der Waals surface area contributed by atoms with Crippen molar-refractivity contribution in [2.45, 2.75) is 69.6 Å². The summed E-state index contributed by atoms with van der Waals surface area (Å²) in [6.45, 7) is 10.00. The molecule has 0 bridgehead atoms. The van der Waals surface area contributed by atoms with Gasteiger partial charge in [0.1, 0.15) is 27.7 Å². The molecule has 0 aromatic rings. The van der Waals surface area contributed by atoms with Gasteiger partial charge in [0.2, 0.25) is 11.8 Å². The number of allylic oxidation sites excluding steroid dienone is 3. The minimum atomic E-state index is -2.20. The van der Waals surface area contributed by atoms with Gasteiger partial charge < -0.3 is 25.4 Å². The van der Waals surface area contributed by atoms with Crippen LogP contribution in [0, 0.1) is 0 Å². The zero-order valence-corrected chi connectivity index (χ0v) is 20.4. The minimum Gasteiger partial charge on any atom is -0.479 e. The number of nitrogens with zero attached hydrogens (tertiary/aromatic N) is 1. The number of rotatable bonds is 8. The minimum absolute atomic E-state index is 0.136. The average molecular weight is 502 g/mol. The Hall–Kier alpha value is -2.66. The molecule has 2 aliphatic rings. The average Bonchev–Trinajstić information content (AvgIpc) is 2.68. The Morgan fingerprint density at radius 3 is 2.42 bits per heavy atom. The van der Waals surface area contributed by atoms with Crippen LogP contribution in [0.15, 0.2) is 36.0 Å². The molecular formula is C21H28ClN3O7S. The fourth-order valence-electron chi connectivity index (χ4n) is 3.50. The summed E-state index contributed by atoms with van der Waals surface area (Å²) in [4.78, 5) is 50.6. The lowest BCUT2D eigenvalue weighted by molar-refractivity contribution is -0.160. The zero-order chi connectivity index (χ0) is 25.1. The third-order valence-corrected chi connectivity index (χ3v) is 6.30. The van der Waals surface area contributed by atoms with Gasteiger partial charge in [0.05, 0.1) is 0 Å². The lowest BCUT2D eigenvalue weighted by atomic mass is 9.96. The summed E-state index contributed by atoms with van der Waals surface area (Å²) in [7, 11) is 3.55. The van der Waals surface area contributed by atoms with Gasteiger partial charge in [-0.2, -0.15) is 0 Å². The number of hydrogen-bond donors (Lipinski definition) is 3. The summed E-state index contributed by atoms with van der Waals surface area (Å²) >= 11 is 0. The van der Waals surface area contributed by atoms with E-state index in [0.717, 1.165) is 4.90 Å². The molecule has 1 saturated heterocycles. The van der Waals surface area contributed by atoms with Crippen LogP contribution in [0.25, 0.3) is 0 Å². The summed E-state index contributed by atoms with van der Waals surface area (Å²) in [6.07, 6.45) is 5.62. The molecule has 1 aliphatic carbocycles. The molecular weight excluding hydrogens is 474 g/mol. The molecule has 12 heteroatoms. The molecule has 2 rings (SSSR count). The number of β-lactam (4-membered cyclic amide) rings is 1. The Bertz CT molecular complexity index is 927. The van der Waals surface area contributed by atoms with E-state index >= 15 is 0 Å². The highest BCUT2D eigenvalue weighted by molar-refractivity contribution is 8.08. The molecule has 33 heavy (non-hydrogen) atoms. The van der Waals surface area contributed by atoms with Gasteiger partial charge in [-0.15, -0.1) is 0 Å². The van der Waals surface area contributed by atoms with Crippen LogP contribution in [-0.2, 0) is 29.1 Å². The van der Waals surface area contributed by atoms with Gasteiger partial charge in [-0.1, -0.05) is 24.8 Å². The van der Waals surface area contributed by atoms with Gasteiger partial charge in [0.15, 0.2) is 11.4 Å². The van der Waals surface area contributed by atoms with Gasteiger partial charge >= 0.3 is 12.1 Å². The highest BCUT2D eigenvalue weighted by atomic mass is 35.7. The fraction of sp³-hybridized carbons (Fsp3) is 0.524. The van der Waals surface area contributed by atoms with E-state index in [9.17, 15) is 28.5 Å². The molecule has 0 saturated carbocycles. The summed E-state index contributed by atoms with van der Waals surface area (Å²) in [5.74, 6) is -2.88. The standard InChI is InChI=1S/C21H28ClN3O7S/c1-11(2)15(19(28)29)25-17(27)14(18(25)33(22)31)23-16(26)13(12-9-7-6-8-10-12)24-20(30)32-21(3,4)5/h6-7,10,13-15,18H,1,8-9H2,2-5H3,(H,23,26)(H,24,30)(H,28,29). The number of alkyl carbamates (subject to hydrolysis) is 1. The number of ether oxygens (including phenoxy) is 1. The van der Waals surface area contributed by atoms with E-state index < -0.39 is 63.0 Å². The predicted molar refractivity (Wildman–Crippen MR) is 122 cm³/mol. The molecule has 0 aromatic carbocycles. The SMILES string of the molecule is C=C(C)C(C(=O)O)N1C(=O)C(NC(=O)C(NC(=O)OC(C)(C)C)C2=CCC=CC2)C1S(=O)Cl. The first-order valence-corrected chi connectivity index (χ1v) is 12.2. The number of likely N-dealkylation sites (tertiary alicyclic amines) is 1. The molecule has 3 N–H and O–H groups in total. The lowest BCUT2D eigenvalue weighted by Crippen LogP contribution is -2.75. The van der Waals surface area contributed by atoms with E-state index in [4.69, 9.17) is 15.4 Å². The van der Waals surface area contributed by atoms with Gasteiger partial charge in [-0.25, -0.2) is 13.8 Å². The lowest BCUT2D eigenvalue weighted by Gasteiger charge is -2.48. The maximum Gasteiger partial charge on any atom is 0.408 e. The Morgan fingerprint density at radius 2 is 1.97 bits per heavy atom. The van der Waals surface area contributed by atoms with E-state index in [1.165, 1.54) is 6.92 Å². The second kappa shape index (κ2) is 10.5. The monoisotopic (exact) mass is 501 g/mol. The molecule has 3 amide bonds. The number of carboxylic acid groups (broad SMARTS) is 1. The van der Waals surface area contributed by atoms with Crippen molar-refractivity contribution >= 4 is 44.6 Å². The zero-order valence-electron chi connectivity index (χ0n) is 18.8. The fourth-order valence-corrected chi connectivity index (χ4v) is 4.87. The molecule has 1 heterocycles. The Balaban J connectivity index is 2.25. The van der Waals surface area contributed by atoms with Crippen LogP contribution >= 0.6 is 10.7 Å². The molecule has 0 spiro atoms. The largest absolute Gasteiger partial charge is 0.479 e. The number of nitrogens with one attached hydrogen (secondary N) is 2. The van der Waals surface area contributed by atoms with Crippen LogP contribution in [0.1, 0.15) is 40.5 Å². The second-order valence-electron chi connectivity index (χ2n) is 8.73. The van der Waals surface area contributed by atoms with E-state index in [0.29, 0.717) is 18.4 Å². The van der Waals surface area contributed by atoms with Crippen LogP contribution in [0.4, 0.5) is 4.79 Å². The molecule has 5 unspecified atom stereocenters. The molecule has 1 fully saturated rings. The first-order chi connectivity index (χ1) is 15.2. The highest BCUT2D eigenvalue weighted by Gasteiger charge is 2.56. The predicted octanol–water partition coefficient (Wildman–Crippen LogP) is 1.74. The second-order valence-corrected chi connectivity index (χ2v) is 10.6. The molecule has 10 nitrogen and oxygen atoms in total. The smallest absolute Gasteiger partial charge is 0.408 e. The van der Waals surface area contributed by atoms with Crippen molar-refractivity contribution in [1.29, 1.82) is 0 Å². The molecule has 5 atom stereocenters. The van der Waals surface area contributed by atoms with Crippen LogP contribution in [-0.4, -0.2) is 67.2 Å². The molecule has 0 radical (unpaired) electrons. The van der Waals surface area contributed by atoms with Gasteiger partial charge in [0, 0.05) is 0 Å². The van der Waals surface area contributed by atoms with Gasteiger partial charge in [0.25, 0.3) is 0 Å².